The zero-order valence-corrected chi connectivity index (χ0v) is 17.6. The highest BCUT2D eigenvalue weighted by Gasteiger charge is 2.34. The van der Waals surface area contributed by atoms with Crippen molar-refractivity contribution >= 4 is 21.2 Å². The molecule has 164 valence electrons. The average Bonchev–Trinajstić information content (AvgIpc) is 2.66. The third kappa shape index (κ3) is 4.69. The van der Waals surface area contributed by atoms with Gasteiger partial charge in [0.2, 0.25) is 0 Å². The molecule has 1 fully saturated rings. The molecule has 1 aliphatic rings. The summed E-state index contributed by atoms with van der Waals surface area (Å²) >= 11 is 0. The van der Waals surface area contributed by atoms with E-state index in [0.29, 0.717) is 31.0 Å². The molecule has 1 aliphatic heterocycles. The first kappa shape index (κ1) is 22.3. The second kappa shape index (κ2) is 8.05. The normalized spacial score (nSPS) is 18.2. The fraction of sp³-hybridized carbons (Fsp3) is 0.450. The smallest absolute Gasteiger partial charge is 0.368 e. The Morgan fingerprint density at radius 3 is 2.40 bits per heavy atom. The Balaban J connectivity index is 1.90. The lowest BCUT2D eigenvalue weighted by molar-refractivity contribution is -0.137. The minimum Gasteiger partial charge on any atom is -0.368 e. The number of pyridine rings is 1. The minimum atomic E-state index is -4.48. The third-order valence-corrected chi connectivity index (χ3v) is 6.36. The molecule has 0 N–H and O–H groups in total. The van der Waals surface area contributed by atoms with E-state index in [0.717, 1.165) is 24.6 Å². The highest BCUT2D eigenvalue weighted by atomic mass is 32.2. The van der Waals surface area contributed by atoms with E-state index >= 15 is 0 Å². The molecule has 0 saturated carbocycles. The minimum absolute atomic E-state index is 0.0946. The highest BCUT2D eigenvalue weighted by Crippen LogP contribution is 2.33. The number of benzene rings is 1. The summed E-state index contributed by atoms with van der Waals surface area (Å²) in [4.78, 5) is 7.21. The zero-order chi connectivity index (χ0) is 22.3. The Hall–Kier alpha value is -2.36. The van der Waals surface area contributed by atoms with E-state index in [9.17, 15) is 26.0 Å². The van der Waals surface area contributed by atoms with Gasteiger partial charge in [0, 0.05) is 43.8 Å². The molecule has 5 nitrogen and oxygen atoms in total. The van der Waals surface area contributed by atoms with Crippen molar-refractivity contribution in [1.29, 1.82) is 0 Å². The summed E-state index contributed by atoms with van der Waals surface area (Å²) in [5.74, 6) is -0.715. The summed E-state index contributed by atoms with van der Waals surface area (Å²) in [5.41, 5.74) is 0.143. The lowest BCUT2D eigenvalue weighted by Crippen LogP contribution is -2.55. The van der Waals surface area contributed by atoms with Crippen LogP contribution in [0.25, 0.3) is 0 Å². The predicted molar refractivity (Wildman–Crippen MR) is 107 cm³/mol. The van der Waals surface area contributed by atoms with Crippen molar-refractivity contribution in [3.05, 3.63) is 48.0 Å². The van der Waals surface area contributed by atoms with Crippen molar-refractivity contribution in [2.45, 2.75) is 31.0 Å². The number of halogens is 4. The molecule has 0 spiro atoms. The van der Waals surface area contributed by atoms with Gasteiger partial charge in [-0.25, -0.2) is 12.8 Å². The Morgan fingerprint density at radius 1 is 1.10 bits per heavy atom. The standard InChI is InChI=1S/C20H23F4N3O2S/c1-13(2)18-12-26(15-4-5-17(21)19(9-15)30(3,28)29)6-7-27(18)16-8-14(10-25-11-16)20(22,23)24/h4-5,8-11,13,18H,6-7,12H2,1-3H3/t18-/m0/s1. The van der Waals surface area contributed by atoms with Gasteiger partial charge in [0.1, 0.15) is 10.7 Å². The second-order valence-electron chi connectivity index (χ2n) is 7.77. The summed E-state index contributed by atoms with van der Waals surface area (Å²) in [5, 5.41) is 0. The summed E-state index contributed by atoms with van der Waals surface area (Å²) in [6.45, 7) is 5.23. The Morgan fingerprint density at radius 2 is 1.80 bits per heavy atom. The maximum Gasteiger partial charge on any atom is 0.417 e. The van der Waals surface area contributed by atoms with Gasteiger partial charge >= 0.3 is 6.18 Å². The number of alkyl halides is 3. The summed E-state index contributed by atoms with van der Waals surface area (Å²) in [6, 6.07) is 4.90. The van der Waals surface area contributed by atoms with Crippen molar-refractivity contribution in [3.8, 4) is 0 Å². The maximum atomic E-state index is 14.0. The van der Waals surface area contributed by atoms with E-state index in [1.807, 2.05) is 23.6 Å². The molecule has 1 saturated heterocycles. The van der Waals surface area contributed by atoms with Crippen LogP contribution in [0.15, 0.2) is 41.6 Å². The molecule has 2 aromatic rings. The number of hydrogen-bond donors (Lipinski definition) is 0. The molecule has 1 aromatic carbocycles. The lowest BCUT2D eigenvalue weighted by atomic mass is 9.98. The van der Waals surface area contributed by atoms with Crippen LogP contribution in [0.1, 0.15) is 19.4 Å². The maximum absolute atomic E-state index is 14.0. The monoisotopic (exact) mass is 445 g/mol. The van der Waals surface area contributed by atoms with Crippen molar-refractivity contribution in [2.75, 3.05) is 35.7 Å². The van der Waals surface area contributed by atoms with Gasteiger partial charge in [0.25, 0.3) is 0 Å². The largest absolute Gasteiger partial charge is 0.417 e. The van der Waals surface area contributed by atoms with Crippen LogP contribution >= 0.6 is 0 Å². The summed E-state index contributed by atoms with van der Waals surface area (Å²) in [7, 11) is -3.72. The predicted octanol–water partition coefficient (Wildman–Crippen LogP) is 3.99. The number of sulfone groups is 1. The topological polar surface area (TPSA) is 53.5 Å². The van der Waals surface area contributed by atoms with E-state index < -0.39 is 27.4 Å². The lowest BCUT2D eigenvalue weighted by Gasteiger charge is -2.45. The summed E-state index contributed by atoms with van der Waals surface area (Å²) < 4.78 is 76.9. The molecule has 0 amide bonds. The molecule has 0 unspecified atom stereocenters. The van der Waals surface area contributed by atoms with Gasteiger partial charge in [-0.1, -0.05) is 13.8 Å². The van der Waals surface area contributed by atoms with Gasteiger partial charge in [0.05, 0.1) is 17.4 Å². The fourth-order valence-electron chi connectivity index (χ4n) is 3.65. The molecular formula is C20H23F4N3O2S. The van der Waals surface area contributed by atoms with Crippen molar-refractivity contribution < 1.29 is 26.0 Å². The van der Waals surface area contributed by atoms with Gasteiger partial charge in [0.15, 0.2) is 9.84 Å². The first-order chi connectivity index (χ1) is 13.9. The quantitative estimate of drug-likeness (QED) is 0.666. The molecule has 1 atom stereocenters. The average molecular weight is 445 g/mol. The van der Waals surface area contributed by atoms with Gasteiger partial charge in [-0.3, -0.25) is 4.98 Å². The molecule has 0 radical (unpaired) electrons. The van der Waals surface area contributed by atoms with E-state index in [4.69, 9.17) is 0 Å². The SMILES string of the molecule is CC(C)[C@@H]1CN(c2ccc(F)c(S(C)(=O)=O)c2)CCN1c1cncc(C(F)(F)F)c1. The molecule has 2 heterocycles. The Kier molecular flexibility index (Phi) is 5.99. The third-order valence-electron chi connectivity index (χ3n) is 5.25. The molecular weight excluding hydrogens is 422 g/mol. The van der Waals surface area contributed by atoms with Crippen LogP contribution in [0.4, 0.5) is 28.9 Å². The second-order valence-corrected chi connectivity index (χ2v) is 9.75. The zero-order valence-electron chi connectivity index (χ0n) is 16.8. The van der Waals surface area contributed by atoms with Gasteiger partial charge < -0.3 is 9.80 Å². The van der Waals surface area contributed by atoms with Crippen LogP contribution in [0.2, 0.25) is 0 Å². The number of anilines is 2. The van der Waals surface area contributed by atoms with E-state index in [2.05, 4.69) is 4.98 Å². The number of hydrogen-bond acceptors (Lipinski definition) is 5. The number of nitrogens with zero attached hydrogens (tertiary/aromatic N) is 3. The fourth-order valence-corrected chi connectivity index (χ4v) is 4.41. The molecule has 30 heavy (non-hydrogen) atoms. The van der Waals surface area contributed by atoms with Crippen LogP contribution in [0.3, 0.4) is 0 Å². The van der Waals surface area contributed by atoms with Crippen molar-refractivity contribution in [1.82, 2.24) is 4.98 Å². The van der Waals surface area contributed by atoms with Gasteiger partial charge in [-0.2, -0.15) is 13.2 Å². The van der Waals surface area contributed by atoms with E-state index in [1.54, 1.807) is 0 Å². The van der Waals surface area contributed by atoms with Crippen molar-refractivity contribution in [2.24, 2.45) is 5.92 Å². The Bertz CT molecular complexity index is 1020. The molecule has 1 aromatic heterocycles. The van der Waals surface area contributed by atoms with Crippen LogP contribution < -0.4 is 9.80 Å². The number of rotatable bonds is 4. The van der Waals surface area contributed by atoms with E-state index in [-0.39, 0.29) is 16.9 Å². The van der Waals surface area contributed by atoms with Gasteiger partial charge in [-0.15, -0.1) is 0 Å². The first-order valence-electron chi connectivity index (χ1n) is 9.41. The molecule has 3 rings (SSSR count). The molecule has 0 aliphatic carbocycles. The Labute approximate surface area is 173 Å². The number of aromatic nitrogens is 1. The molecule has 0 bridgehead atoms. The van der Waals surface area contributed by atoms with Crippen molar-refractivity contribution in [3.63, 3.8) is 0 Å². The van der Waals surface area contributed by atoms with Crippen LogP contribution in [0.5, 0.6) is 0 Å². The van der Waals surface area contributed by atoms with Crippen LogP contribution in [0, 0.1) is 11.7 Å². The van der Waals surface area contributed by atoms with E-state index in [1.165, 1.54) is 18.3 Å². The molecule has 10 heteroatoms. The van der Waals surface area contributed by atoms with Crippen LogP contribution in [-0.4, -0.2) is 45.3 Å². The van der Waals surface area contributed by atoms with Gasteiger partial charge in [-0.05, 0) is 30.2 Å². The van der Waals surface area contributed by atoms with Crippen LogP contribution in [-0.2, 0) is 16.0 Å². The number of piperazine rings is 1. The highest BCUT2D eigenvalue weighted by molar-refractivity contribution is 7.90. The first-order valence-corrected chi connectivity index (χ1v) is 11.3. The summed E-state index contributed by atoms with van der Waals surface area (Å²) in [6.07, 6.45) is -1.31.